The van der Waals surface area contributed by atoms with E-state index in [1.807, 2.05) is 19.9 Å². The van der Waals surface area contributed by atoms with E-state index in [0.29, 0.717) is 30.0 Å². The summed E-state index contributed by atoms with van der Waals surface area (Å²) < 4.78 is 33.3. The highest BCUT2D eigenvalue weighted by Crippen LogP contribution is 2.31. The SMILES string of the molecule is CC(C)Oc1ccc(S(=O)(=O)N2CCCCC2)cc1NC(=O)c1cccc(C#N)c1. The second-order valence-corrected chi connectivity index (χ2v) is 9.37. The van der Waals surface area contributed by atoms with Crippen LogP contribution < -0.4 is 10.1 Å². The summed E-state index contributed by atoms with van der Waals surface area (Å²) in [7, 11) is -3.66. The Morgan fingerprint density at radius 3 is 2.53 bits per heavy atom. The van der Waals surface area contributed by atoms with Gasteiger partial charge in [0.05, 0.1) is 28.3 Å². The molecule has 0 atom stereocenters. The Kier molecular flexibility index (Phi) is 6.75. The minimum Gasteiger partial charge on any atom is -0.489 e. The summed E-state index contributed by atoms with van der Waals surface area (Å²) in [4.78, 5) is 12.9. The second-order valence-electron chi connectivity index (χ2n) is 7.44. The third-order valence-corrected chi connectivity index (χ3v) is 6.66. The first-order valence-corrected chi connectivity index (χ1v) is 11.4. The molecular weight excluding hydrogens is 402 g/mol. The van der Waals surface area contributed by atoms with Gasteiger partial charge in [0.25, 0.3) is 5.91 Å². The predicted octanol–water partition coefficient (Wildman–Crippen LogP) is 3.77. The average Bonchev–Trinajstić information content (AvgIpc) is 2.75. The van der Waals surface area contributed by atoms with Crippen LogP contribution in [0.15, 0.2) is 47.4 Å². The molecule has 0 aliphatic carbocycles. The lowest BCUT2D eigenvalue weighted by molar-refractivity contribution is 0.102. The molecule has 0 unspecified atom stereocenters. The smallest absolute Gasteiger partial charge is 0.255 e. The highest BCUT2D eigenvalue weighted by atomic mass is 32.2. The van der Waals surface area contributed by atoms with Gasteiger partial charge < -0.3 is 10.1 Å². The van der Waals surface area contributed by atoms with Crippen LogP contribution in [0.1, 0.15) is 49.0 Å². The third kappa shape index (κ3) is 4.99. The fourth-order valence-electron chi connectivity index (χ4n) is 3.30. The van der Waals surface area contributed by atoms with Gasteiger partial charge in [-0.25, -0.2) is 8.42 Å². The van der Waals surface area contributed by atoms with E-state index in [1.54, 1.807) is 24.3 Å². The molecule has 1 amide bonds. The summed E-state index contributed by atoms with van der Waals surface area (Å²) in [5.41, 5.74) is 0.936. The maximum absolute atomic E-state index is 13.0. The fourth-order valence-corrected chi connectivity index (χ4v) is 4.85. The third-order valence-electron chi connectivity index (χ3n) is 4.77. The first-order chi connectivity index (χ1) is 14.3. The zero-order chi connectivity index (χ0) is 21.7. The number of carbonyl (C=O) groups excluding carboxylic acids is 1. The molecule has 3 rings (SSSR count). The van der Waals surface area contributed by atoms with Gasteiger partial charge in [-0.05, 0) is 63.1 Å². The Bertz CT molecular complexity index is 1070. The number of rotatable bonds is 6. The van der Waals surface area contributed by atoms with Crippen LogP contribution in [0, 0.1) is 11.3 Å². The van der Waals surface area contributed by atoms with Crippen molar-refractivity contribution in [3.05, 3.63) is 53.6 Å². The van der Waals surface area contributed by atoms with Gasteiger partial charge in [-0.15, -0.1) is 0 Å². The van der Waals surface area contributed by atoms with Crippen molar-refractivity contribution < 1.29 is 17.9 Å². The molecule has 0 radical (unpaired) electrons. The molecule has 30 heavy (non-hydrogen) atoms. The van der Waals surface area contributed by atoms with Gasteiger partial charge in [-0.1, -0.05) is 12.5 Å². The number of nitrogens with one attached hydrogen (secondary N) is 1. The summed E-state index contributed by atoms with van der Waals surface area (Å²) in [6.07, 6.45) is 2.54. The minimum atomic E-state index is -3.66. The first kappa shape index (κ1) is 21.8. The van der Waals surface area contributed by atoms with Crippen LogP contribution in [0.3, 0.4) is 0 Å². The highest BCUT2D eigenvalue weighted by molar-refractivity contribution is 7.89. The lowest BCUT2D eigenvalue weighted by Crippen LogP contribution is -2.35. The van der Waals surface area contributed by atoms with Crippen molar-refractivity contribution in [3.63, 3.8) is 0 Å². The van der Waals surface area contributed by atoms with Crippen molar-refractivity contribution >= 4 is 21.6 Å². The Morgan fingerprint density at radius 1 is 1.13 bits per heavy atom. The number of carbonyl (C=O) groups is 1. The van der Waals surface area contributed by atoms with Gasteiger partial charge in [-0.3, -0.25) is 4.79 Å². The molecule has 1 N–H and O–H groups in total. The number of sulfonamides is 1. The zero-order valence-electron chi connectivity index (χ0n) is 17.1. The molecule has 0 bridgehead atoms. The summed E-state index contributed by atoms with van der Waals surface area (Å²) in [6, 6.07) is 12.8. The number of amides is 1. The number of nitrogens with zero attached hydrogens (tertiary/aromatic N) is 2. The fraction of sp³-hybridized carbons (Fsp3) is 0.364. The van der Waals surface area contributed by atoms with Crippen LogP contribution in [-0.2, 0) is 10.0 Å². The maximum Gasteiger partial charge on any atom is 0.255 e. The average molecular weight is 428 g/mol. The summed E-state index contributed by atoms with van der Waals surface area (Å²) in [6.45, 7) is 4.69. The number of hydrogen-bond acceptors (Lipinski definition) is 5. The van der Waals surface area contributed by atoms with E-state index in [2.05, 4.69) is 5.32 Å². The van der Waals surface area contributed by atoms with Gasteiger partial charge >= 0.3 is 0 Å². The lowest BCUT2D eigenvalue weighted by Gasteiger charge is -2.26. The van der Waals surface area contributed by atoms with E-state index in [1.165, 1.54) is 22.5 Å². The van der Waals surface area contributed by atoms with E-state index in [-0.39, 0.29) is 16.7 Å². The van der Waals surface area contributed by atoms with Gasteiger partial charge in [0.2, 0.25) is 10.0 Å². The number of anilines is 1. The van der Waals surface area contributed by atoms with E-state index in [9.17, 15) is 13.2 Å². The molecule has 2 aromatic rings. The lowest BCUT2D eigenvalue weighted by atomic mass is 10.1. The Balaban J connectivity index is 1.95. The van der Waals surface area contributed by atoms with Crippen molar-refractivity contribution in [3.8, 4) is 11.8 Å². The zero-order valence-corrected chi connectivity index (χ0v) is 17.9. The normalized spacial score (nSPS) is 14.9. The standard InChI is InChI=1S/C22H25N3O4S/c1-16(2)29-21-10-9-19(30(27,28)25-11-4-3-5-12-25)14-20(21)24-22(26)18-8-6-7-17(13-18)15-23/h6-10,13-14,16H,3-5,11-12H2,1-2H3,(H,24,26). The van der Waals surface area contributed by atoms with Crippen LogP contribution in [0.2, 0.25) is 0 Å². The summed E-state index contributed by atoms with van der Waals surface area (Å²) in [5, 5.41) is 11.8. The van der Waals surface area contributed by atoms with Crippen molar-refractivity contribution in [2.75, 3.05) is 18.4 Å². The Labute approximate surface area is 177 Å². The summed E-state index contributed by atoms with van der Waals surface area (Å²) in [5.74, 6) is -0.0689. The molecule has 2 aromatic carbocycles. The van der Waals surface area contributed by atoms with Gasteiger partial charge in [0.15, 0.2) is 0 Å². The molecule has 0 aromatic heterocycles. The van der Waals surface area contributed by atoms with Crippen molar-refractivity contribution in [2.24, 2.45) is 0 Å². The molecule has 1 aliphatic rings. The van der Waals surface area contributed by atoms with Crippen molar-refractivity contribution in [2.45, 2.75) is 44.1 Å². The van der Waals surface area contributed by atoms with Crippen LogP contribution >= 0.6 is 0 Å². The molecular formula is C22H25N3O4S. The van der Waals surface area contributed by atoms with E-state index in [4.69, 9.17) is 10.00 Å². The molecule has 1 heterocycles. The molecule has 1 saturated heterocycles. The topological polar surface area (TPSA) is 99.5 Å². The second kappa shape index (κ2) is 9.28. The number of piperidine rings is 1. The molecule has 158 valence electrons. The number of hydrogen-bond donors (Lipinski definition) is 1. The maximum atomic E-state index is 13.0. The first-order valence-electron chi connectivity index (χ1n) is 9.93. The molecule has 7 nitrogen and oxygen atoms in total. The Morgan fingerprint density at radius 2 is 1.87 bits per heavy atom. The van der Waals surface area contributed by atoms with Gasteiger partial charge in [0.1, 0.15) is 5.75 Å². The monoisotopic (exact) mass is 427 g/mol. The van der Waals surface area contributed by atoms with Gasteiger partial charge in [-0.2, -0.15) is 9.57 Å². The van der Waals surface area contributed by atoms with Crippen molar-refractivity contribution in [1.29, 1.82) is 5.26 Å². The largest absolute Gasteiger partial charge is 0.489 e. The number of nitriles is 1. The van der Waals surface area contributed by atoms with Crippen LogP contribution in [0.4, 0.5) is 5.69 Å². The van der Waals surface area contributed by atoms with Crippen LogP contribution in [0.25, 0.3) is 0 Å². The van der Waals surface area contributed by atoms with E-state index < -0.39 is 15.9 Å². The quantitative estimate of drug-likeness (QED) is 0.756. The predicted molar refractivity (Wildman–Crippen MR) is 114 cm³/mol. The van der Waals surface area contributed by atoms with Crippen LogP contribution in [-0.4, -0.2) is 37.8 Å². The molecule has 1 fully saturated rings. The summed E-state index contributed by atoms with van der Waals surface area (Å²) >= 11 is 0. The Hall–Kier alpha value is -2.89. The molecule has 1 aliphatic heterocycles. The van der Waals surface area contributed by atoms with Crippen LogP contribution in [0.5, 0.6) is 5.75 Å². The van der Waals surface area contributed by atoms with Gasteiger partial charge in [0, 0.05) is 18.7 Å². The molecule has 0 spiro atoms. The molecule has 0 saturated carbocycles. The minimum absolute atomic E-state index is 0.113. The molecule has 8 heteroatoms. The highest BCUT2D eigenvalue weighted by Gasteiger charge is 2.27. The number of benzene rings is 2. The number of ether oxygens (including phenoxy) is 1. The van der Waals surface area contributed by atoms with Crippen molar-refractivity contribution in [1.82, 2.24) is 4.31 Å². The van der Waals surface area contributed by atoms with E-state index in [0.717, 1.165) is 19.3 Å². The van der Waals surface area contributed by atoms with E-state index >= 15 is 0 Å².